The Labute approximate surface area is 177 Å². The lowest BCUT2D eigenvalue weighted by molar-refractivity contribution is -0.139. The van der Waals surface area contributed by atoms with Gasteiger partial charge >= 0.3 is 11.9 Å². The van der Waals surface area contributed by atoms with Crippen LogP contribution in [0.25, 0.3) is 0 Å². The third kappa shape index (κ3) is 5.30. The monoisotopic (exact) mass is 412 g/mol. The first-order chi connectivity index (χ1) is 14.6. The quantitative estimate of drug-likeness (QED) is 0.480. The lowest BCUT2D eigenvalue weighted by atomic mass is 10.1. The lowest BCUT2D eigenvalue weighted by Gasteiger charge is -2.23. The summed E-state index contributed by atoms with van der Waals surface area (Å²) in [6.45, 7) is 4.10. The number of carbonyl (C=O) groups excluding carboxylic acids is 2. The maximum atomic E-state index is 12.5. The molecule has 0 bridgehead atoms. The molecule has 0 atom stereocenters. The van der Waals surface area contributed by atoms with Crippen LogP contribution >= 0.6 is 0 Å². The fraction of sp³-hybridized carbons (Fsp3) is 0.391. The number of allylic oxidation sites excluding steroid dienone is 2. The Bertz CT molecular complexity index is 836. The van der Waals surface area contributed by atoms with E-state index >= 15 is 0 Å². The number of benzene rings is 1. The molecule has 1 aromatic carbocycles. The molecule has 1 fully saturated rings. The minimum atomic E-state index is -0.631. The normalized spacial score (nSPS) is 16.5. The van der Waals surface area contributed by atoms with Crippen LogP contribution in [0.3, 0.4) is 0 Å². The van der Waals surface area contributed by atoms with Crippen molar-refractivity contribution in [2.24, 2.45) is 0 Å². The molecule has 3 rings (SSSR count). The van der Waals surface area contributed by atoms with Gasteiger partial charge in [0, 0.05) is 18.4 Å². The van der Waals surface area contributed by atoms with Crippen LogP contribution < -0.4 is 9.64 Å². The number of carbonyl (C=O) groups is 2. The minimum Gasteiger partial charge on any atom is -0.494 e. The Morgan fingerprint density at radius 2 is 1.67 bits per heavy atom. The summed E-state index contributed by atoms with van der Waals surface area (Å²) >= 11 is 0. The zero-order valence-electron chi connectivity index (χ0n) is 17.5. The van der Waals surface area contributed by atoms with Crippen molar-refractivity contribution >= 4 is 17.6 Å². The number of hydrogen-bond acceptors (Lipinski definition) is 7. The third-order valence-corrected chi connectivity index (χ3v) is 5.09. The average Bonchev–Trinajstić information content (AvgIpc) is 3.20. The van der Waals surface area contributed by atoms with Crippen LogP contribution in [0.15, 0.2) is 60.0 Å². The first kappa shape index (κ1) is 21.6. The number of rotatable bonds is 8. The van der Waals surface area contributed by atoms with Gasteiger partial charge in [-0.15, -0.1) is 0 Å². The molecule has 2 heterocycles. The molecule has 0 N–H and O–H groups in total. The SMILES string of the molecule is COC(=O)C1=C(C(=O)OC)N(c2ccc(OCCCN3CCCC3)cc2)C=CC=C1. The van der Waals surface area contributed by atoms with Crippen LogP contribution in [0.2, 0.25) is 0 Å². The first-order valence-corrected chi connectivity index (χ1v) is 10.1. The van der Waals surface area contributed by atoms with Crippen molar-refractivity contribution in [2.45, 2.75) is 19.3 Å². The number of methoxy groups -OCH3 is 2. The summed E-state index contributed by atoms with van der Waals surface area (Å²) in [5.41, 5.74) is 0.909. The van der Waals surface area contributed by atoms with Crippen LogP contribution in [-0.4, -0.2) is 57.3 Å². The van der Waals surface area contributed by atoms with E-state index in [-0.39, 0.29) is 11.3 Å². The summed E-state index contributed by atoms with van der Waals surface area (Å²) in [7, 11) is 2.55. The molecule has 7 heteroatoms. The van der Waals surface area contributed by atoms with Crippen molar-refractivity contribution in [1.29, 1.82) is 0 Å². The van der Waals surface area contributed by atoms with E-state index < -0.39 is 11.9 Å². The highest BCUT2D eigenvalue weighted by Gasteiger charge is 2.27. The van der Waals surface area contributed by atoms with Crippen LogP contribution in [0, 0.1) is 0 Å². The average molecular weight is 412 g/mol. The second-order valence-corrected chi connectivity index (χ2v) is 7.06. The second kappa shape index (κ2) is 10.6. The maximum absolute atomic E-state index is 12.5. The molecule has 1 aromatic rings. The van der Waals surface area contributed by atoms with E-state index in [4.69, 9.17) is 14.2 Å². The zero-order valence-corrected chi connectivity index (χ0v) is 17.5. The first-order valence-electron chi connectivity index (χ1n) is 10.1. The van der Waals surface area contributed by atoms with E-state index in [1.807, 2.05) is 24.3 Å². The van der Waals surface area contributed by atoms with Crippen molar-refractivity contribution in [3.63, 3.8) is 0 Å². The minimum absolute atomic E-state index is 0.0913. The molecular formula is C23H28N2O5. The van der Waals surface area contributed by atoms with E-state index in [1.54, 1.807) is 23.3 Å². The van der Waals surface area contributed by atoms with Gasteiger partial charge in [0.05, 0.1) is 26.4 Å². The Balaban J connectivity index is 1.71. The number of esters is 2. The van der Waals surface area contributed by atoms with E-state index in [0.29, 0.717) is 12.3 Å². The van der Waals surface area contributed by atoms with Gasteiger partial charge in [-0.2, -0.15) is 0 Å². The van der Waals surface area contributed by atoms with Gasteiger partial charge < -0.3 is 24.0 Å². The molecule has 160 valence electrons. The molecule has 0 aromatic heterocycles. The van der Waals surface area contributed by atoms with E-state index in [1.165, 1.54) is 46.2 Å². The van der Waals surface area contributed by atoms with E-state index in [2.05, 4.69) is 4.90 Å². The second-order valence-electron chi connectivity index (χ2n) is 7.06. The predicted octanol–water partition coefficient (Wildman–Crippen LogP) is 3.04. The van der Waals surface area contributed by atoms with Gasteiger partial charge in [0.1, 0.15) is 11.4 Å². The number of likely N-dealkylation sites (tertiary alicyclic amines) is 1. The summed E-state index contributed by atoms with van der Waals surface area (Å²) in [6, 6.07) is 7.38. The lowest BCUT2D eigenvalue weighted by Crippen LogP contribution is -2.26. The van der Waals surface area contributed by atoms with Crippen LogP contribution in [0.1, 0.15) is 19.3 Å². The predicted molar refractivity (Wildman–Crippen MR) is 114 cm³/mol. The molecule has 0 amide bonds. The highest BCUT2D eigenvalue weighted by Crippen LogP contribution is 2.28. The van der Waals surface area contributed by atoms with E-state index in [9.17, 15) is 9.59 Å². The molecule has 2 aliphatic rings. The number of anilines is 1. The van der Waals surface area contributed by atoms with Crippen molar-refractivity contribution in [2.75, 3.05) is 45.4 Å². The fourth-order valence-corrected chi connectivity index (χ4v) is 3.55. The molecule has 0 spiro atoms. The molecule has 0 unspecified atom stereocenters. The molecule has 30 heavy (non-hydrogen) atoms. The van der Waals surface area contributed by atoms with Crippen LogP contribution in [-0.2, 0) is 19.1 Å². The molecule has 7 nitrogen and oxygen atoms in total. The largest absolute Gasteiger partial charge is 0.494 e. The maximum Gasteiger partial charge on any atom is 0.355 e. The Kier molecular flexibility index (Phi) is 7.68. The summed E-state index contributed by atoms with van der Waals surface area (Å²) in [6.07, 6.45) is 10.2. The van der Waals surface area contributed by atoms with Crippen LogP contribution in [0.5, 0.6) is 5.75 Å². The summed E-state index contributed by atoms with van der Waals surface area (Å²) < 4.78 is 15.6. The van der Waals surface area contributed by atoms with Crippen molar-refractivity contribution < 1.29 is 23.8 Å². The van der Waals surface area contributed by atoms with Gasteiger partial charge in [-0.3, -0.25) is 0 Å². The molecule has 2 aliphatic heterocycles. The topological polar surface area (TPSA) is 68.3 Å². The Hall–Kier alpha value is -3.06. The molecule has 1 saturated heterocycles. The Morgan fingerprint density at radius 1 is 0.967 bits per heavy atom. The Morgan fingerprint density at radius 3 is 2.33 bits per heavy atom. The van der Waals surface area contributed by atoms with E-state index in [0.717, 1.165) is 18.7 Å². The van der Waals surface area contributed by atoms with Gasteiger partial charge in [-0.25, -0.2) is 9.59 Å². The summed E-state index contributed by atoms with van der Waals surface area (Å²) in [5, 5.41) is 0. The molecule has 0 radical (unpaired) electrons. The van der Waals surface area contributed by atoms with Crippen molar-refractivity contribution in [3.8, 4) is 5.75 Å². The highest BCUT2D eigenvalue weighted by atomic mass is 16.5. The van der Waals surface area contributed by atoms with Crippen molar-refractivity contribution in [1.82, 2.24) is 4.90 Å². The smallest absolute Gasteiger partial charge is 0.355 e. The highest BCUT2D eigenvalue weighted by molar-refractivity contribution is 6.05. The van der Waals surface area contributed by atoms with Gasteiger partial charge in [0.25, 0.3) is 0 Å². The molecule has 0 aliphatic carbocycles. The summed E-state index contributed by atoms with van der Waals surface area (Å²) in [4.78, 5) is 28.7. The number of ether oxygens (including phenoxy) is 3. The number of hydrogen-bond donors (Lipinski definition) is 0. The summed E-state index contributed by atoms with van der Waals surface area (Å²) in [5.74, 6) is -0.485. The molecular weight excluding hydrogens is 384 g/mol. The van der Waals surface area contributed by atoms with Crippen LogP contribution in [0.4, 0.5) is 5.69 Å². The van der Waals surface area contributed by atoms with Gasteiger partial charge in [-0.05, 0) is 68.8 Å². The third-order valence-electron chi connectivity index (χ3n) is 5.09. The van der Waals surface area contributed by atoms with Gasteiger partial charge in [0.2, 0.25) is 0 Å². The van der Waals surface area contributed by atoms with Gasteiger partial charge in [-0.1, -0.05) is 6.08 Å². The van der Waals surface area contributed by atoms with Gasteiger partial charge in [0.15, 0.2) is 0 Å². The fourth-order valence-electron chi connectivity index (χ4n) is 3.55. The molecule has 0 saturated carbocycles. The zero-order chi connectivity index (χ0) is 21.3. The number of nitrogens with zero attached hydrogens (tertiary/aromatic N) is 2. The standard InChI is InChI=1S/C23H28N2O5/c1-28-22(26)20-8-3-4-16-25(21(20)23(27)29-2)18-9-11-19(12-10-18)30-17-7-15-24-13-5-6-14-24/h3-4,8-12,16H,5-7,13-15,17H2,1-2H3. The van der Waals surface area contributed by atoms with Crippen molar-refractivity contribution in [3.05, 3.63) is 60.0 Å².